The predicted octanol–water partition coefficient (Wildman–Crippen LogP) is 3.70. The first-order chi connectivity index (χ1) is 12.4. The fourth-order valence-electron chi connectivity index (χ4n) is 2.73. The van der Waals surface area contributed by atoms with Gasteiger partial charge >= 0.3 is 0 Å². The Hall–Kier alpha value is -1.12. The quantitative estimate of drug-likeness (QED) is 0.756. The molecule has 1 fully saturated rings. The number of carbonyl (C=O) groups excluding carboxylic acids is 1. The van der Waals surface area contributed by atoms with Crippen molar-refractivity contribution >= 4 is 50.5 Å². The van der Waals surface area contributed by atoms with Gasteiger partial charge in [0, 0.05) is 18.0 Å². The molecule has 5 nitrogen and oxygen atoms in total. The Labute approximate surface area is 167 Å². The van der Waals surface area contributed by atoms with Crippen molar-refractivity contribution in [1.82, 2.24) is 9.62 Å². The molecular formula is C17H18Cl2N2O3S2. The van der Waals surface area contributed by atoms with E-state index < -0.39 is 10.0 Å². The van der Waals surface area contributed by atoms with Gasteiger partial charge in [-0.1, -0.05) is 29.3 Å². The lowest BCUT2D eigenvalue weighted by atomic mass is 10.1. The van der Waals surface area contributed by atoms with Crippen LogP contribution < -0.4 is 5.32 Å². The van der Waals surface area contributed by atoms with E-state index >= 15 is 0 Å². The highest BCUT2D eigenvalue weighted by atomic mass is 35.5. The van der Waals surface area contributed by atoms with E-state index in [4.69, 9.17) is 23.2 Å². The van der Waals surface area contributed by atoms with E-state index in [9.17, 15) is 13.2 Å². The summed E-state index contributed by atoms with van der Waals surface area (Å²) in [5.74, 6) is -0.166. The highest BCUT2D eigenvalue weighted by Gasteiger charge is 2.28. The van der Waals surface area contributed by atoms with Gasteiger partial charge in [-0.3, -0.25) is 4.79 Å². The smallest absolute Gasteiger partial charge is 0.252 e. The minimum atomic E-state index is -3.40. The fraction of sp³-hybridized carbons (Fsp3) is 0.353. The zero-order valence-corrected chi connectivity index (χ0v) is 17.0. The average Bonchev–Trinajstić information content (AvgIpc) is 3.28. The maximum Gasteiger partial charge on any atom is 0.252 e. The third-order valence-corrected chi connectivity index (χ3v) is 8.29. The Kier molecular flexibility index (Phi) is 6.25. The number of sulfonamides is 1. The third kappa shape index (κ3) is 4.58. The van der Waals surface area contributed by atoms with Gasteiger partial charge in [0.1, 0.15) is 4.21 Å². The van der Waals surface area contributed by atoms with Crippen molar-refractivity contribution in [3.05, 3.63) is 50.8 Å². The second-order valence-electron chi connectivity index (χ2n) is 6.03. The van der Waals surface area contributed by atoms with Crippen molar-refractivity contribution < 1.29 is 13.2 Å². The molecule has 3 rings (SSSR count). The molecule has 0 atom stereocenters. The Morgan fingerprint density at radius 1 is 1.12 bits per heavy atom. The number of rotatable bonds is 6. The van der Waals surface area contributed by atoms with Crippen LogP contribution in [-0.4, -0.2) is 31.7 Å². The fourth-order valence-corrected chi connectivity index (χ4v) is 6.02. The van der Waals surface area contributed by atoms with Crippen LogP contribution in [0.5, 0.6) is 0 Å². The van der Waals surface area contributed by atoms with Crippen molar-refractivity contribution in [1.29, 1.82) is 0 Å². The van der Waals surface area contributed by atoms with Crippen molar-refractivity contribution in [2.24, 2.45) is 0 Å². The first kappa shape index (κ1) is 19.6. The lowest BCUT2D eigenvalue weighted by Gasteiger charge is -2.13. The molecule has 0 aliphatic carbocycles. The molecule has 1 amide bonds. The molecule has 2 heterocycles. The highest BCUT2D eigenvalue weighted by molar-refractivity contribution is 7.91. The largest absolute Gasteiger partial charge is 0.351 e. The molecule has 26 heavy (non-hydrogen) atoms. The van der Waals surface area contributed by atoms with Gasteiger partial charge in [-0.05, 0) is 42.7 Å². The Balaban J connectivity index is 1.57. The second kappa shape index (κ2) is 8.27. The number of hydrogen-bond donors (Lipinski definition) is 1. The number of amides is 1. The van der Waals surface area contributed by atoms with E-state index in [2.05, 4.69) is 5.32 Å². The Morgan fingerprint density at radius 2 is 1.85 bits per heavy atom. The van der Waals surface area contributed by atoms with Crippen molar-refractivity contribution in [3.8, 4) is 0 Å². The van der Waals surface area contributed by atoms with Gasteiger partial charge in [0.2, 0.25) is 5.91 Å². The summed E-state index contributed by atoms with van der Waals surface area (Å²) in [6.45, 7) is 1.45. The predicted molar refractivity (Wildman–Crippen MR) is 104 cm³/mol. The number of nitrogens with one attached hydrogen (secondary N) is 1. The molecule has 0 bridgehead atoms. The molecule has 1 aromatic carbocycles. The minimum Gasteiger partial charge on any atom is -0.351 e. The van der Waals surface area contributed by atoms with E-state index in [1.165, 1.54) is 15.6 Å². The number of carbonyl (C=O) groups is 1. The van der Waals surface area contributed by atoms with Crippen molar-refractivity contribution in [3.63, 3.8) is 0 Å². The standard InChI is InChI=1S/C17H18Cl2N2O3S2/c18-14-5-3-12(9-15(14)19)10-16(22)20-11-13-4-6-17(25-13)26(23,24)21-7-1-2-8-21/h3-6,9H,1-2,7-8,10-11H2,(H,20,22). The second-order valence-corrected chi connectivity index (χ2v) is 10.2. The summed E-state index contributed by atoms with van der Waals surface area (Å²) in [6.07, 6.45) is 1.99. The summed E-state index contributed by atoms with van der Waals surface area (Å²) in [7, 11) is -3.40. The molecule has 1 aromatic heterocycles. The molecule has 0 radical (unpaired) electrons. The van der Waals surface area contributed by atoms with Crippen LogP contribution in [0.3, 0.4) is 0 Å². The summed E-state index contributed by atoms with van der Waals surface area (Å²) in [5.41, 5.74) is 0.764. The summed E-state index contributed by atoms with van der Waals surface area (Å²) in [4.78, 5) is 12.9. The Morgan fingerprint density at radius 3 is 2.54 bits per heavy atom. The molecule has 1 N–H and O–H groups in total. The zero-order valence-electron chi connectivity index (χ0n) is 13.9. The van der Waals surface area contributed by atoms with Gasteiger partial charge in [-0.15, -0.1) is 11.3 Å². The van der Waals surface area contributed by atoms with Gasteiger partial charge < -0.3 is 5.32 Å². The van der Waals surface area contributed by atoms with Gasteiger partial charge in [0.25, 0.3) is 10.0 Å². The van der Waals surface area contributed by atoms with Crippen molar-refractivity contribution in [2.75, 3.05) is 13.1 Å². The van der Waals surface area contributed by atoms with E-state index in [1.54, 1.807) is 30.3 Å². The number of nitrogens with zero attached hydrogens (tertiary/aromatic N) is 1. The van der Waals surface area contributed by atoms with Crippen LogP contribution in [0.2, 0.25) is 10.0 Å². The molecule has 0 spiro atoms. The first-order valence-corrected chi connectivity index (χ1v) is 11.2. The van der Waals surface area contributed by atoms with Gasteiger partial charge in [0.05, 0.1) is 23.0 Å². The van der Waals surface area contributed by atoms with E-state index in [-0.39, 0.29) is 12.3 Å². The number of hydrogen-bond acceptors (Lipinski definition) is 4. The minimum absolute atomic E-state index is 0.166. The maximum atomic E-state index is 12.5. The monoisotopic (exact) mass is 432 g/mol. The molecule has 1 aliphatic heterocycles. The van der Waals surface area contributed by atoms with E-state index in [1.807, 2.05) is 0 Å². The van der Waals surface area contributed by atoms with Gasteiger partial charge in [-0.2, -0.15) is 4.31 Å². The van der Waals surface area contributed by atoms with Crippen LogP contribution in [0.4, 0.5) is 0 Å². The molecule has 140 valence electrons. The number of halogens is 2. The molecule has 1 saturated heterocycles. The normalized spacial score (nSPS) is 15.3. The van der Waals surface area contributed by atoms with Crippen LogP contribution in [0.15, 0.2) is 34.5 Å². The lowest BCUT2D eigenvalue weighted by molar-refractivity contribution is -0.120. The zero-order chi connectivity index (χ0) is 18.7. The SMILES string of the molecule is O=C(Cc1ccc(Cl)c(Cl)c1)NCc1ccc(S(=O)(=O)N2CCCC2)s1. The van der Waals surface area contributed by atoms with E-state index in [0.29, 0.717) is 33.9 Å². The van der Waals surface area contributed by atoms with Crippen LogP contribution in [0, 0.1) is 0 Å². The van der Waals surface area contributed by atoms with Gasteiger partial charge in [0.15, 0.2) is 0 Å². The summed E-state index contributed by atoms with van der Waals surface area (Å²) in [6, 6.07) is 8.42. The Bertz CT molecular complexity index is 906. The van der Waals surface area contributed by atoms with Crippen LogP contribution >= 0.6 is 34.5 Å². The molecule has 0 unspecified atom stereocenters. The topological polar surface area (TPSA) is 66.5 Å². The van der Waals surface area contributed by atoms with Crippen LogP contribution in [0.25, 0.3) is 0 Å². The van der Waals surface area contributed by atoms with Crippen LogP contribution in [0.1, 0.15) is 23.3 Å². The first-order valence-electron chi connectivity index (χ1n) is 8.16. The average molecular weight is 433 g/mol. The van der Waals surface area contributed by atoms with Crippen LogP contribution in [-0.2, 0) is 27.8 Å². The summed E-state index contributed by atoms with van der Waals surface area (Å²) >= 11 is 13.0. The lowest BCUT2D eigenvalue weighted by Crippen LogP contribution is -2.27. The van der Waals surface area contributed by atoms with Crippen molar-refractivity contribution in [2.45, 2.75) is 30.0 Å². The maximum absolute atomic E-state index is 12.5. The summed E-state index contributed by atoms with van der Waals surface area (Å²) in [5, 5.41) is 3.66. The number of thiophene rings is 1. The summed E-state index contributed by atoms with van der Waals surface area (Å²) < 4.78 is 26.9. The van der Waals surface area contributed by atoms with Gasteiger partial charge in [-0.25, -0.2) is 8.42 Å². The molecule has 1 aliphatic rings. The highest BCUT2D eigenvalue weighted by Crippen LogP contribution is 2.27. The molecule has 0 saturated carbocycles. The van der Waals surface area contributed by atoms with E-state index in [0.717, 1.165) is 23.3 Å². The number of benzene rings is 1. The molecule has 2 aromatic rings. The molecule has 9 heteroatoms. The third-order valence-electron chi connectivity index (χ3n) is 4.10. The molecular weight excluding hydrogens is 415 g/mol.